The van der Waals surface area contributed by atoms with Gasteiger partial charge in [-0.05, 0) is 30.9 Å². The van der Waals surface area contributed by atoms with Crippen molar-refractivity contribution in [1.29, 1.82) is 0 Å². The molecule has 9 heteroatoms. The van der Waals surface area contributed by atoms with Crippen molar-refractivity contribution in [2.24, 2.45) is 7.05 Å². The summed E-state index contributed by atoms with van der Waals surface area (Å²) < 4.78 is 30.1. The summed E-state index contributed by atoms with van der Waals surface area (Å²) in [6, 6.07) is 1.82. The normalized spacial score (nSPS) is 15.9. The Morgan fingerprint density at radius 2 is 2.04 bits per heavy atom. The minimum absolute atomic E-state index is 0.249. The number of aromatic nitrogens is 2. The molecular formula is C15H23N5O2S2. The molecule has 0 radical (unpaired) electrons. The molecule has 1 fully saturated rings. The zero-order valence-electron chi connectivity index (χ0n) is 14.2. The van der Waals surface area contributed by atoms with Crippen LogP contribution in [0.2, 0.25) is 0 Å². The fourth-order valence-electron chi connectivity index (χ4n) is 3.04. The molecule has 2 N–H and O–H groups in total. The molecule has 0 aliphatic carbocycles. The van der Waals surface area contributed by atoms with Crippen LogP contribution >= 0.6 is 11.3 Å². The third-order valence-corrected chi connectivity index (χ3v) is 7.32. The highest BCUT2D eigenvalue weighted by Crippen LogP contribution is 2.26. The predicted molar refractivity (Wildman–Crippen MR) is 96.1 cm³/mol. The Morgan fingerprint density at radius 1 is 1.33 bits per heavy atom. The third kappa shape index (κ3) is 3.34. The van der Waals surface area contributed by atoms with Gasteiger partial charge in [0.2, 0.25) is 0 Å². The Bertz CT molecular complexity index is 819. The highest BCUT2D eigenvalue weighted by molar-refractivity contribution is 7.91. The van der Waals surface area contributed by atoms with E-state index < -0.39 is 10.0 Å². The van der Waals surface area contributed by atoms with E-state index in [4.69, 9.17) is 0 Å². The van der Waals surface area contributed by atoms with Gasteiger partial charge in [0.05, 0.1) is 5.69 Å². The molecule has 2 aromatic rings. The Hall–Kier alpha value is -1.42. The van der Waals surface area contributed by atoms with Crippen LogP contribution in [-0.2, 0) is 23.6 Å². The molecule has 3 heterocycles. The lowest BCUT2D eigenvalue weighted by Crippen LogP contribution is -2.44. The molecule has 1 saturated heterocycles. The van der Waals surface area contributed by atoms with Gasteiger partial charge in [-0.25, -0.2) is 13.1 Å². The van der Waals surface area contributed by atoms with E-state index in [1.165, 1.54) is 11.3 Å². The van der Waals surface area contributed by atoms with Gasteiger partial charge < -0.3 is 10.2 Å². The smallest absolute Gasteiger partial charge is 0.250 e. The van der Waals surface area contributed by atoms with Gasteiger partial charge in [-0.2, -0.15) is 5.10 Å². The third-order valence-electron chi connectivity index (χ3n) is 4.23. The molecule has 1 aliphatic rings. The van der Waals surface area contributed by atoms with E-state index in [0.717, 1.165) is 48.8 Å². The molecule has 3 rings (SSSR count). The van der Waals surface area contributed by atoms with E-state index >= 15 is 0 Å². The highest BCUT2D eigenvalue weighted by Gasteiger charge is 2.24. The molecule has 0 atom stereocenters. The number of rotatable bonds is 5. The first-order valence-electron chi connectivity index (χ1n) is 7.92. The average molecular weight is 370 g/mol. The van der Waals surface area contributed by atoms with Crippen molar-refractivity contribution in [2.75, 3.05) is 31.1 Å². The molecule has 0 saturated carbocycles. The fraction of sp³-hybridized carbons (Fsp3) is 0.533. The van der Waals surface area contributed by atoms with Crippen LogP contribution in [0.4, 0.5) is 5.82 Å². The van der Waals surface area contributed by atoms with E-state index in [9.17, 15) is 8.42 Å². The van der Waals surface area contributed by atoms with Crippen LogP contribution in [0.3, 0.4) is 0 Å². The number of hydrogen-bond donors (Lipinski definition) is 2. The van der Waals surface area contributed by atoms with Gasteiger partial charge in [-0.3, -0.25) is 4.68 Å². The summed E-state index contributed by atoms with van der Waals surface area (Å²) in [6.45, 7) is 7.61. The Morgan fingerprint density at radius 3 is 2.67 bits per heavy atom. The van der Waals surface area contributed by atoms with Crippen LogP contribution in [0.5, 0.6) is 0 Å². The Balaban J connectivity index is 1.84. The zero-order chi connectivity index (χ0) is 17.3. The monoisotopic (exact) mass is 369 g/mol. The minimum atomic E-state index is -3.50. The van der Waals surface area contributed by atoms with Crippen molar-refractivity contribution in [3.63, 3.8) is 0 Å². The number of nitrogens with one attached hydrogen (secondary N) is 2. The summed E-state index contributed by atoms with van der Waals surface area (Å²) >= 11 is 1.24. The lowest BCUT2D eigenvalue weighted by molar-refractivity contribution is 0.568. The summed E-state index contributed by atoms with van der Waals surface area (Å²) in [6.07, 6.45) is 0. The van der Waals surface area contributed by atoms with Crippen molar-refractivity contribution < 1.29 is 8.42 Å². The van der Waals surface area contributed by atoms with Crippen LogP contribution in [0, 0.1) is 13.8 Å². The maximum atomic E-state index is 12.5. The molecule has 7 nitrogen and oxygen atoms in total. The molecule has 0 spiro atoms. The van der Waals surface area contributed by atoms with Crippen molar-refractivity contribution in [1.82, 2.24) is 19.8 Å². The second kappa shape index (κ2) is 6.83. The lowest BCUT2D eigenvalue weighted by Gasteiger charge is -2.30. The molecule has 132 valence electrons. The standard InChI is InChI=1S/C15H23N5O2S2/c1-11-4-9-23-15(11)24(21,22)17-10-13-12(2)18-19(3)14(13)20-7-5-16-6-8-20/h4,9,16-17H,5-8,10H2,1-3H3. The fourth-order valence-corrected chi connectivity index (χ4v) is 5.49. The van der Waals surface area contributed by atoms with Crippen LogP contribution < -0.4 is 14.9 Å². The predicted octanol–water partition coefficient (Wildman–Crippen LogP) is 0.987. The second-order valence-electron chi connectivity index (χ2n) is 5.96. The topological polar surface area (TPSA) is 79.3 Å². The van der Waals surface area contributed by atoms with Crippen molar-refractivity contribution >= 4 is 27.2 Å². The number of anilines is 1. The molecular weight excluding hydrogens is 346 g/mol. The molecule has 0 aromatic carbocycles. The van der Waals surface area contributed by atoms with Crippen LogP contribution in [0.1, 0.15) is 16.8 Å². The SMILES string of the molecule is Cc1ccsc1S(=O)(=O)NCc1c(C)nn(C)c1N1CCNCC1. The van der Waals surface area contributed by atoms with E-state index in [0.29, 0.717) is 4.21 Å². The molecule has 0 bridgehead atoms. The average Bonchev–Trinajstić information content (AvgIpc) is 3.09. The van der Waals surface area contributed by atoms with Crippen LogP contribution in [0.15, 0.2) is 15.7 Å². The van der Waals surface area contributed by atoms with Gasteiger partial charge in [0.25, 0.3) is 10.0 Å². The summed E-state index contributed by atoms with van der Waals surface area (Å²) in [4.78, 5) is 2.26. The van der Waals surface area contributed by atoms with E-state index in [1.807, 2.05) is 31.6 Å². The summed E-state index contributed by atoms with van der Waals surface area (Å²) in [5.74, 6) is 1.000. The largest absolute Gasteiger partial charge is 0.354 e. The van der Waals surface area contributed by atoms with Gasteiger partial charge in [-0.1, -0.05) is 0 Å². The first kappa shape index (κ1) is 17.4. The van der Waals surface area contributed by atoms with E-state index in [2.05, 4.69) is 20.0 Å². The van der Waals surface area contributed by atoms with Gasteiger partial charge in [0, 0.05) is 45.3 Å². The summed E-state index contributed by atoms with van der Waals surface area (Å²) in [5, 5.41) is 9.62. The first-order valence-corrected chi connectivity index (χ1v) is 10.3. The van der Waals surface area contributed by atoms with E-state index in [1.54, 1.807) is 5.38 Å². The number of sulfonamides is 1. The van der Waals surface area contributed by atoms with Crippen molar-refractivity contribution in [3.05, 3.63) is 28.3 Å². The zero-order valence-corrected chi connectivity index (χ0v) is 15.8. The maximum Gasteiger partial charge on any atom is 0.250 e. The van der Waals surface area contributed by atoms with E-state index in [-0.39, 0.29) is 6.54 Å². The second-order valence-corrected chi connectivity index (χ2v) is 8.84. The summed E-state index contributed by atoms with van der Waals surface area (Å²) in [5.41, 5.74) is 2.58. The molecule has 2 aromatic heterocycles. The Kier molecular flexibility index (Phi) is 4.95. The molecule has 0 amide bonds. The van der Waals surface area contributed by atoms with Gasteiger partial charge in [0.1, 0.15) is 10.0 Å². The van der Waals surface area contributed by atoms with Crippen LogP contribution in [-0.4, -0.2) is 44.4 Å². The van der Waals surface area contributed by atoms with Crippen molar-refractivity contribution in [3.8, 4) is 0 Å². The molecule has 0 unspecified atom stereocenters. The maximum absolute atomic E-state index is 12.5. The highest BCUT2D eigenvalue weighted by atomic mass is 32.2. The first-order chi connectivity index (χ1) is 11.4. The number of hydrogen-bond acceptors (Lipinski definition) is 6. The van der Waals surface area contributed by atoms with Gasteiger partial charge >= 0.3 is 0 Å². The minimum Gasteiger partial charge on any atom is -0.354 e. The number of thiophene rings is 1. The molecule has 1 aliphatic heterocycles. The van der Waals surface area contributed by atoms with Gasteiger partial charge in [-0.15, -0.1) is 11.3 Å². The number of piperazine rings is 1. The van der Waals surface area contributed by atoms with Crippen molar-refractivity contribution in [2.45, 2.75) is 24.6 Å². The number of aryl methyl sites for hydroxylation is 3. The van der Waals surface area contributed by atoms with Gasteiger partial charge in [0.15, 0.2) is 0 Å². The lowest BCUT2D eigenvalue weighted by atomic mass is 10.2. The van der Waals surface area contributed by atoms with Crippen LogP contribution in [0.25, 0.3) is 0 Å². The quantitative estimate of drug-likeness (QED) is 0.822. The Labute approximate surface area is 146 Å². The molecule has 24 heavy (non-hydrogen) atoms. The summed E-state index contributed by atoms with van der Waals surface area (Å²) in [7, 11) is -1.59. The number of nitrogens with zero attached hydrogens (tertiary/aromatic N) is 3.